The van der Waals surface area contributed by atoms with Crippen LogP contribution in [0.5, 0.6) is 0 Å². The Labute approximate surface area is 160 Å². The van der Waals surface area contributed by atoms with E-state index in [-0.39, 0.29) is 1.93 Å². The Morgan fingerprint density at radius 2 is 1.95 bits per heavy atom. The third kappa shape index (κ3) is 3.62. The molecule has 0 amide bonds. The lowest BCUT2D eigenvalue weighted by Gasteiger charge is -2.39. The highest BCUT2D eigenvalue weighted by Gasteiger charge is 2.52. The maximum Gasteiger partial charge on any atom is 0.245 e. The first-order valence-corrected chi connectivity index (χ1v) is 11.3. The van der Waals surface area contributed by atoms with Crippen molar-refractivity contribution in [3.63, 3.8) is 0 Å². The van der Waals surface area contributed by atoms with Gasteiger partial charge in [-0.3, -0.25) is 0 Å². The van der Waals surface area contributed by atoms with E-state index in [1.165, 1.54) is 0 Å². The van der Waals surface area contributed by atoms with Crippen molar-refractivity contribution >= 4 is 55.2 Å². The Hall–Kier alpha value is 0.550. The van der Waals surface area contributed by atoms with E-state index >= 15 is 0 Å². The van der Waals surface area contributed by atoms with Crippen LogP contribution in [0.2, 0.25) is 0 Å². The quantitative estimate of drug-likeness (QED) is 0.397. The number of hydrogen-bond donors (Lipinski definition) is 0. The fraction of sp³-hybridized carbons (Fsp3) is 0.600. The zero-order valence-corrected chi connectivity index (χ0v) is 17.9. The molecule has 0 aromatic heterocycles. The van der Waals surface area contributed by atoms with Crippen LogP contribution in [-0.2, 0) is 14.8 Å². The molecule has 22 heavy (non-hydrogen) atoms. The molecule has 0 saturated carbocycles. The second kappa shape index (κ2) is 7.62. The van der Waals surface area contributed by atoms with Crippen molar-refractivity contribution in [2.45, 2.75) is 45.7 Å². The summed E-state index contributed by atoms with van der Waals surface area (Å²) in [6.45, 7) is 5.08. The normalized spacial score (nSPS) is 23.3. The smallest absolute Gasteiger partial charge is 0.245 e. The third-order valence-electron chi connectivity index (χ3n) is 3.82. The van der Waals surface area contributed by atoms with Crippen LogP contribution >= 0.6 is 45.2 Å². The van der Waals surface area contributed by atoms with Gasteiger partial charge in [0.2, 0.25) is 10.0 Å². The highest BCUT2D eigenvalue weighted by Crippen LogP contribution is 2.43. The van der Waals surface area contributed by atoms with E-state index in [1.807, 2.05) is 26.0 Å². The second-order valence-electron chi connectivity index (χ2n) is 5.49. The summed E-state index contributed by atoms with van der Waals surface area (Å²) in [5, 5.41) is 0. The average Bonchev–Trinajstić information content (AvgIpc) is 2.91. The summed E-state index contributed by atoms with van der Waals surface area (Å²) in [7, 11) is -3.54. The van der Waals surface area contributed by atoms with Gasteiger partial charge in [-0.25, -0.2) is 8.42 Å². The minimum atomic E-state index is -3.54. The highest BCUT2D eigenvalue weighted by atomic mass is 127. The molecule has 1 heterocycles. The van der Waals surface area contributed by atoms with Crippen LogP contribution in [0, 0.1) is 6.92 Å². The molecule has 7 heteroatoms. The lowest BCUT2D eigenvalue weighted by Crippen LogP contribution is -2.53. The van der Waals surface area contributed by atoms with Gasteiger partial charge in [0.05, 0.1) is 4.90 Å². The molecule has 1 aromatic rings. The Morgan fingerprint density at radius 1 is 1.32 bits per heavy atom. The number of sulfonamides is 1. The van der Waals surface area contributed by atoms with Gasteiger partial charge >= 0.3 is 0 Å². The minimum absolute atomic E-state index is 0.0528. The maximum absolute atomic E-state index is 13.1. The van der Waals surface area contributed by atoms with Crippen molar-refractivity contribution in [2.24, 2.45) is 0 Å². The van der Waals surface area contributed by atoms with Gasteiger partial charge in [-0.05, 0) is 38.3 Å². The molecule has 1 aliphatic rings. The van der Waals surface area contributed by atoms with Gasteiger partial charge in [0.1, 0.15) is 1.93 Å². The number of nitrogens with zero attached hydrogens (tertiary/aromatic N) is 1. The second-order valence-corrected chi connectivity index (χ2v) is 12.2. The molecule has 1 fully saturated rings. The maximum atomic E-state index is 13.1. The van der Waals surface area contributed by atoms with Gasteiger partial charge in [-0.1, -0.05) is 69.8 Å². The topological polar surface area (TPSA) is 46.6 Å². The molecule has 0 spiro atoms. The number of alkyl halides is 2. The molecule has 2 rings (SSSR count). The van der Waals surface area contributed by atoms with Crippen molar-refractivity contribution in [3.05, 3.63) is 29.8 Å². The van der Waals surface area contributed by atoms with Crippen molar-refractivity contribution in [3.8, 4) is 0 Å². The molecule has 1 unspecified atom stereocenters. The van der Waals surface area contributed by atoms with Gasteiger partial charge in [0.15, 0.2) is 5.72 Å². The molecule has 1 atom stereocenters. The Balaban J connectivity index is 2.41. The Bertz CT molecular complexity index is 604. The first-order valence-electron chi connectivity index (χ1n) is 7.36. The van der Waals surface area contributed by atoms with Crippen LogP contribution < -0.4 is 0 Å². The van der Waals surface area contributed by atoms with Crippen LogP contribution in [0.4, 0.5) is 0 Å². The number of hydrogen-bond acceptors (Lipinski definition) is 3. The van der Waals surface area contributed by atoms with E-state index in [9.17, 15) is 8.42 Å². The fourth-order valence-corrected chi connectivity index (χ4v) is 6.45. The molecule has 0 radical (unpaired) electrons. The monoisotopic (exact) mass is 549 g/mol. The van der Waals surface area contributed by atoms with Crippen molar-refractivity contribution in [1.82, 2.24) is 4.31 Å². The lowest BCUT2D eigenvalue weighted by atomic mass is 10.2. The summed E-state index contributed by atoms with van der Waals surface area (Å²) < 4.78 is 33.8. The van der Waals surface area contributed by atoms with Crippen molar-refractivity contribution in [2.75, 3.05) is 13.2 Å². The van der Waals surface area contributed by atoms with Crippen LogP contribution in [-0.4, -0.2) is 33.5 Å². The van der Waals surface area contributed by atoms with Gasteiger partial charge in [-0.15, -0.1) is 0 Å². The molecule has 0 N–H and O–H groups in total. The zero-order chi connectivity index (χ0) is 16.4. The molecule has 124 valence electrons. The van der Waals surface area contributed by atoms with Gasteiger partial charge in [-0.2, -0.15) is 4.31 Å². The van der Waals surface area contributed by atoms with Gasteiger partial charge in [0.25, 0.3) is 0 Å². The van der Waals surface area contributed by atoms with Gasteiger partial charge < -0.3 is 4.74 Å². The zero-order valence-electron chi connectivity index (χ0n) is 12.8. The first kappa shape index (κ1) is 18.9. The van der Waals surface area contributed by atoms with Crippen molar-refractivity contribution in [1.29, 1.82) is 0 Å². The summed E-state index contributed by atoms with van der Waals surface area (Å²) in [4.78, 5) is 0.345. The molecule has 0 bridgehead atoms. The summed E-state index contributed by atoms with van der Waals surface area (Å²) in [5.41, 5.74) is 0.315. The van der Waals surface area contributed by atoms with E-state index < -0.39 is 15.7 Å². The lowest BCUT2D eigenvalue weighted by molar-refractivity contribution is -0.0839. The number of rotatable bonds is 6. The Morgan fingerprint density at radius 3 is 2.50 bits per heavy atom. The van der Waals surface area contributed by atoms with E-state index in [1.54, 1.807) is 16.4 Å². The minimum Gasteiger partial charge on any atom is -0.357 e. The molecule has 1 aromatic carbocycles. The molecule has 0 aliphatic carbocycles. The molecule has 1 aliphatic heterocycles. The first-order chi connectivity index (χ1) is 10.3. The SMILES string of the molecule is CCCOC1(C(I)I)CCCN1S(=O)(=O)c1ccc(C)cc1. The van der Waals surface area contributed by atoms with E-state index in [0.29, 0.717) is 18.0 Å². The summed E-state index contributed by atoms with van der Waals surface area (Å²) in [5.74, 6) is 0. The Kier molecular flexibility index (Phi) is 6.54. The van der Waals surface area contributed by atoms with E-state index in [4.69, 9.17) is 4.74 Å². The molecular weight excluding hydrogens is 528 g/mol. The molecular formula is C15H21I2NO3S. The third-order valence-corrected chi connectivity index (χ3v) is 7.71. The van der Waals surface area contributed by atoms with E-state index in [2.05, 4.69) is 45.2 Å². The predicted octanol–water partition coefficient (Wildman–Crippen LogP) is 4.10. The highest BCUT2D eigenvalue weighted by molar-refractivity contribution is 14.2. The molecule has 4 nitrogen and oxygen atoms in total. The van der Waals surface area contributed by atoms with Crippen LogP contribution in [0.15, 0.2) is 29.2 Å². The predicted molar refractivity (Wildman–Crippen MR) is 105 cm³/mol. The van der Waals surface area contributed by atoms with Gasteiger partial charge in [0, 0.05) is 13.2 Å². The van der Waals surface area contributed by atoms with Crippen LogP contribution in [0.3, 0.4) is 0 Å². The van der Waals surface area contributed by atoms with Crippen molar-refractivity contribution < 1.29 is 13.2 Å². The fourth-order valence-electron chi connectivity index (χ4n) is 2.65. The largest absolute Gasteiger partial charge is 0.357 e. The van der Waals surface area contributed by atoms with E-state index in [0.717, 1.165) is 24.8 Å². The standard InChI is InChI=1S/C15H21I2NO3S/c1-3-11-21-15(14(16)17)9-4-10-18(15)22(19,20)13-7-5-12(2)6-8-13/h5-8,14H,3-4,9-11H2,1-2H3. The summed E-state index contributed by atoms with van der Waals surface area (Å²) in [6.07, 6.45) is 2.45. The summed E-state index contributed by atoms with van der Waals surface area (Å²) >= 11 is 4.54. The number of ether oxygens (including phenoxy) is 1. The number of halogens is 2. The molecule has 1 saturated heterocycles. The average molecular weight is 549 g/mol. The number of aryl methyl sites for hydroxylation is 1. The van der Waals surface area contributed by atoms with Crippen LogP contribution in [0.25, 0.3) is 0 Å². The summed E-state index contributed by atoms with van der Waals surface area (Å²) in [6, 6.07) is 7.04. The number of benzene rings is 1. The van der Waals surface area contributed by atoms with Crippen LogP contribution in [0.1, 0.15) is 31.7 Å².